The van der Waals surface area contributed by atoms with Crippen LogP contribution in [0.3, 0.4) is 0 Å². The second-order valence-corrected chi connectivity index (χ2v) is 3.53. The van der Waals surface area contributed by atoms with E-state index in [-0.39, 0.29) is 12.4 Å². The molecular formula is C13H13ClO5. The predicted octanol–water partition coefficient (Wildman–Crippen LogP) is 2.16. The number of carbonyl (C=O) groups excluding carboxylic acids is 1. The molecule has 19 heavy (non-hydrogen) atoms. The first-order chi connectivity index (χ1) is 8.72. The summed E-state index contributed by atoms with van der Waals surface area (Å²) in [5.41, 5.74) is -0.0301. The molecule has 0 aliphatic heterocycles. The normalized spacial score (nSPS) is 11.6. The predicted molar refractivity (Wildman–Crippen MR) is 71.8 cm³/mol. The molecule has 0 N–H and O–H groups in total. The van der Waals surface area contributed by atoms with Crippen LogP contribution in [-0.2, 0) is 9.53 Å². The first-order valence-electron chi connectivity index (χ1n) is 5.50. The number of carbonyl (C=O) groups is 1. The Morgan fingerprint density at radius 3 is 2.74 bits per heavy atom. The highest BCUT2D eigenvalue weighted by Gasteiger charge is 2.09. The van der Waals surface area contributed by atoms with Crippen LogP contribution < -0.4 is 10.4 Å². The van der Waals surface area contributed by atoms with Crippen molar-refractivity contribution in [3.05, 3.63) is 40.8 Å². The summed E-state index contributed by atoms with van der Waals surface area (Å²) in [7, 11) is 0. The maximum Gasteiger partial charge on any atom is 0.336 e. The first-order valence-corrected chi connectivity index (χ1v) is 5.50. The molecular weight excluding hydrogens is 272 g/mol. The summed E-state index contributed by atoms with van der Waals surface area (Å²) >= 11 is 0. The van der Waals surface area contributed by atoms with Gasteiger partial charge in [0.1, 0.15) is 11.3 Å². The Balaban J connectivity index is 0.00000180. The van der Waals surface area contributed by atoms with Crippen molar-refractivity contribution in [1.29, 1.82) is 0 Å². The van der Waals surface area contributed by atoms with Gasteiger partial charge in [-0.2, -0.15) is 0 Å². The van der Waals surface area contributed by atoms with Gasteiger partial charge in [-0.1, -0.05) is 0 Å². The van der Waals surface area contributed by atoms with Crippen molar-refractivity contribution in [2.24, 2.45) is 0 Å². The Morgan fingerprint density at radius 1 is 1.32 bits per heavy atom. The van der Waals surface area contributed by atoms with Crippen LogP contribution in [0.1, 0.15) is 6.92 Å². The molecule has 2 rings (SSSR count). The fourth-order valence-electron chi connectivity index (χ4n) is 1.51. The second kappa shape index (κ2) is 6.92. The molecule has 1 unspecified atom stereocenters. The van der Waals surface area contributed by atoms with Crippen molar-refractivity contribution in [3.8, 4) is 5.75 Å². The van der Waals surface area contributed by atoms with E-state index in [0.717, 1.165) is 5.39 Å². The van der Waals surface area contributed by atoms with E-state index < -0.39 is 11.9 Å². The van der Waals surface area contributed by atoms with Crippen molar-refractivity contribution in [2.75, 3.05) is 6.61 Å². The standard InChI is InChI=1S/C13H12O5.ClH/c1-2-16-13(8-14)17-10-5-3-9-4-6-12(15)18-11(9)7-10;/h3-8,13H,2H2,1H3;1H. The van der Waals surface area contributed by atoms with E-state index >= 15 is 0 Å². The molecule has 0 spiro atoms. The van der Waals surface area contributed by atoms with Gasteiger partial charge in [-0.05, 0) is 25.1 Å². The second-order valence-electron chi connectivity index (χ2n) is 3.53. The van der Waals surface area contributed by atoms with E-state index in [1.807, 2.05) is 0 Å². The van der Waals surface area contributed by atoms with Crippen LogP contribution in [0, 0.1) is 0 Å². The molecule has 0 amide bonds. The monoisotopic (exact) mass is 284 g/mol. The van der Waals surface area contributed by atoms with Crippen molar-refractivity contribution in [2.45, 2.75) is 13.2 Å². The Bertz CT molecular complexity index is 607. The molecule has 0 saturated heterocycles. The molecule has 1 aromatic heterocycles. The summed E-state index contributed by atoms with van der Waals surface area (Å²) in [4.78, 5) is 21.8. The van der Waals surface area contributed by atoms with Gasteiger partial charge >= 0.3 is 5.63 Å². The topological polar surface area (TPSA) is 65.7 Å². The van der Waals surface area contributed by atoms with Crippen molar-refractivity contribution in [1.82, 2.24) is 0 Å². The zero-order valence-electron chi connectivity index (χ0n) is 10.2. The summed E-state index contributed by atoms with van der Waals surface area (Å²) < 4.78 is 15.4. The van der Waals surface area contributed by atoms with Gasteiger partial charge < -0.3 is 13.9 Å². The summed E-state index contributed by atoms with van der Waals surface area (Å²) in [6.07, 6.45) is -0.391. The van der Waals surface area contributed by atoms with E-state index in [9.17, 15) is 9.59 Å². The van der Waals surface area contributed by atoms with Gasteiger partial charge in [0.15, 0.2) is 6.29 Å². The number of aldehydes is 1. The molecule has 1 heterocycles. The van der Waals surface area contributed by atoms with Crippen molar-refractivity contribution < 1.29 is 18.7 Å². The zero-order valence-corrected chi connectivity index (χ0v) is 11.0. The SMILES string of the molecule is CCOC(C=O)Oc1ccc2ccc(=O)oc2c1.Cl. The molecule has 2 aromatic rings. The summed E-state index contributed by atoms with van der Waals surface area (Å²) in [6, 6.07) is 7.97. The number of halogens is 1. The van der Waals surface area contributed by atoms with Gasteiger partial charge in [-0.25, -0.2) is 4.79 Å². The van der Waals surface area contributed by atoms with Gasteiger partial charge in [-0.3, -0.25) is 4.79 Å². The minimum Gasteiger partial charge on any atom is -0.458 e. The lowest BCUT2D eigenvalue weighted by molar-refractivity contribution is -0.136. The molecule has 0 aliphatic carbocycles. The Kier molecular flexibility index (Phi) is 5.54. The molecule has 0 fully saturated rings. The largest absolute Gasteiger partial charge is 0.458 e. The molecule has 0 aliphatic rings. The fourth-order valence-corrected chi connectivity index (χ4v) is 1.51. The minimum absolute atomic E-state index is 0. The van der Waals surface area contributed by atoms with Crippen LogP contribution in [-0.4, -0.2) is 19.2 Å². The summed E-state index contributed by atoms with van der Waals surface area (Å²) in [5.74, 6) is 0.405. The third kappa shape index (κ3) is 3.81. The number of ether oxygens (including phenoxy) is 2. The average molecular weight is 285 g/mol. The third-order valence-corrected chi connectivity index (χ3v) is 2.29. The van der Waals surface area contributed by atoms with Gasteiger partial charge in [0.25, 0.3) is 6.29 Å². The number of benzene rings is 1. The van der Waals surface area contributed by atoms with Crippen LogP contribution in [0.15, 0.2) is 39.5 Å². The number of hydrogen-bond acceptors (Lipinski definition) is 5. The van der Waals surface area contributed by atoms with Gasteiger partial charge in [-0.15, -0.1) is 12.4 Å². The summed E-state index contributed by atoms with van der Waals surface area (Å²) in [5, 5.41) is 0.779. The Morgan fingerprint density at radius 2 is 2.05 bits per heavy atom. The molecule has 6 heteroatoms. The number of fused-ring (bicyclic) bond motifs is 1. The molecule has 102 valence electrons. The summed E-state index contributed by atoms with van der Waals surface area (Å²) in [6.45, 7) is 2.13. The highest BCUT2D eigenvalue weighted by atomic mass is 35.5. The van der Waals surface area contributed by atoms with E-state index in [1.54, 1.807) is 31.2 Å². The highest BCUT2D eigenvalue weighted by molar-refractivity contribution is 5.85. The van der Waals surface area contributed by atoms with Gasteiger partial charge in [0.05, 0.1) is 0 Å². The zero-order chi connectivity index (χ0) is 13.0. The van der Waals surface area contributed by atoms with Crippen molar-refractivity contribution >= 4 is 29.7 Å². The lowest BCUT2D eigenvalue weighted by Crippen LogP contribution is -2.21. The van der Waals surface area contributed by atoms with Crippen LogP contribution >= 0.6 is 12.4 Å². The van der Waals surface area contributed by atoms with Gasteiger partial charge in [0.2, 0.25) is 0 Å². The number of rotatable bonds is 5. The highest BCUT2D eigenvalue weighted by Crippen LogP contribution is 2.20. The molecule has 0 bridgehead atoms. The van der Waals surface area contributed by atoms with E-state index in [0.29, 0.717) is 24.2 Å². The minimum atomic E-state index is -0.956. The van der Waals surface area contributed by atoms with Crippen LogP contribution in [0.2, 0.25) is 0 Å². The maximum absolute atomic E-state index is 11.1. The smallest absolute Gasteiger partial charge is 0.336 e. The lowest BCUT2D eigenvalue weighted by Gasteiger charge is -2.13. The molecule has 1 aromatic carbocycles. The van der Waals surface area contributed by atoms with E-state index in [4.69, 9.17) is 13.9 Å². The van der Waals surface area contributed by atoms with E-state index in [2.05, 4.69) is 0 Å². The van der Waals surface area contributed by atoms with Crippen LogP contribution in [0.25, 0.3) is 11.0 Å². The average Bonchev–Trinajstić information content (AvgIpc) is 2.37. The molecule has 5 nitrogen and oxygen atoms in total. The Labute approximate surface area is 115 Å². The van der Waals surface area contributed by atoms with E-state index in [1.165, 1.54) is 6.07 Å². The quantitative estimate of drug-likeness (QED) is 0.478. The van der Waals surface area contributed by atoms with Gasteiger partial charge in [0, 0.05) is 24.1 Å². The maximum atomic E-state index is 11.1. The van der Waals surface area contributed by atoms with Crippen LogP contribution in [0.4, 0.5) is 0 Å². The molecule has 0 saturated carbocycles. The fraction of sp³-hybridized carbons (Fsp3) is 0.231. The molecule has 1 atom stereocenters. The number of hydrogen-bond donors (Lipinski definition) is 0. The molecule has 0 radical (unpaired) electrons. The van der Waals surface area contributed by atoms with Crippen LogP contribution in [0.5, 0.6) is 5.75 Å². The third-order valence-electron chi connectivity index (χ3n) is 2.29. The Hall–Kier alpha value is -1.85. The van der Waals surface area contributed by atoms with Crippen molar-refractivity contribution in [3.63, 3.8) is 0 Å². The first kappa shape index (κ1) is 15.2. The lowest BCUT2D eigenvalue weighted by atomic mass is 10.2.